The van der Waals surface area contributed by atoms with Gasteiger partial charge >= 0.3 is 0 Å². The fourth-order valence-corrected chi connectivity index (χ4v) is 4.60. The van der Waals surface area contributed by atoms with E-state index >= 15 is 0 Å². The molecule has 1 aromatic heterocycles. The maximum Gasteiger partial charge on any atom is 0.261 e. The van der Waals surface area contributed by atoms with Gasteiger partial charge in [0.05, 0.1) is 16.8 Å². The highest BCUT2D eigenvalue weighted by molar-refractivity contribution is 6.22. The second kappa shape index (κ2) is 9.40. The van der Waals surface area contributed by atoms with E-state index in [9.17, 15) is 18.8 Å². The van der Waals surface area contributed by atoms with Gasteiger partial charge in [-0.3, -0.25) is 19.3 Å². The molecule has 8 nitrogen and oxygen atoms in total. The minimum Gasteiger partial charge on any atom is -0.319 e. The fourth-order valence-electron chi connectivity index (χ4n) is 4.60. The van der Waals surface area contributed by atoms with Gasteiger partial charge in [0.15, 0.2) is 5.82 Å². The molecule has 3 heterocycles. The van der Waals surface area contributed by atoms with Gasteiger partial charge in [0.25, 0.3) is 17.7 Å². The molecule has 5 rings (SSSR count). The number of imide groups is 1. The zero-order valence-corrected chi connectivity index (χ0v) is 19.5. The van der Waals surface area contributed by atoms with Crippen LogP contribution >= 0.6 is 0 Å². The number of nitrogens with zero attached hydrogens (tertiary/aromatic N) is 4. The quantitative estimate of drug-likeness (QED) is 0.531. The normalized spacial score (nSPS) is 15.1. The van der Waals surface area contributed by atoms with Crippen molar-refractivity contribution >= 4 is 23.4 Å². The predicted molar refractivity (Wildman–Crippen MR) is 128 cm³/mol. The topological polar surface area (TPSA) is 97.2 Å². The Balaban J connectivity index is 1.39. The maximum absolute atomic E-state index is 14.6. The molecule has 0 saturated heterocycles. The number of hydrogen-bond acceptors (Lipinski definition) is 5. The van der Waals surface area contributed by atoms with Gasteiger partial charge in [-0.2, -0.15) is 0 Å². The molecule has 0 radical (unpaired) electrons. The summed E-state index contributed by atoms with van der Waals surface area (Å²) in [5, 5.41) is 11.2. The smallest absolute Gasteiger partial charge is 0.261 e. The van der Waals surface area contributed by atoms with Crippen LogP contribution in [0.5, 0.6) is 0 Å². The number of fused-ring (bicyclic) bond motifs is 2. The Labute approximate surface area is 202 Å². The zero-order chi connectivity index (χ0) is 24.5. The first-order valence-corrected chi connectivity index (χ1v) is 12.0. The molecule has 0 atom stereocenters. The van der Waals surface area contributed by atoms with Crippen LogP contribution in [0.2, 0.25) is 0 Å². The van der Waals surface area contributed by atoms with Crippen LogP contribution in [0.1, 0.15) is 75.9 Å². The molecule has 1 N–H and O–H groups in total. The number of nitrogens with one attached hydrogen (secondary N) is 1. The number of aromatic nitrogens is 3. The molecule has 0 spiro atoms. The number of aryl methyl sites for hydroxylation is 1. The molecule has 180 valence electrons. The van der Waals surface area contributed by atoms with Crippen molar-refractivity contribution in [1.29, 1.82) is 0 Å². The van der Waals surface area contributed by atoms with Crippen molar-refractivity contribution < 1.29 is 18.8 Å². The van der Waals surface area contributed by atoms with E-state index in [1.165, 1.54) is 29.2 Å². The zero-order valence-electron chi connectivity index (χ0n) is 19.5. The number of anilines is 1. The number of rotatable bonds is 6. The van der Waals surface area contributed by atoms with E-state index < -0.39 is 17.6 Å². The van der Waals surface area contributed by atoms with Crippen molar-refractivity contribution in [2.45, 2.75) is 52.0 Å². The van der Waals surface area contributed by atoms with Crippen LogP contribution in [-0.4, -0.2) is 43.9 Å². The third-order valence-corrected chi connectivity index (χ3v) is 6.55. The monoisotopic (exact) mass is 475 g/mol. The minimum atomic E-state index is -0.587. The van der Waals surface area contributed by atoms with E-state index in [-0.39, 0.29) is 28.3 Å². The third-order valence-electron chi connectivity index (χ3n) is 6.55. The number of hydrogen-bond donors (Lipinski definition) is 1. The van der Waals surface area contributed by atoms with E-state index in [4.69, 9.17) is 0 Å². The molecule has 0 aliphatic carbocycles. The lowest BCUT2D eigenvalue weighted by Crippen LogP contribution is -2.30. The highest BCUT2D eigenvalue weighted by Crippen LogP contribution is 2.28. The third kappa shape index (κ3) is 4.22. The summed E-state index contributed by atoms with van der Waals surface area (Å²) in [5.41, 5.74) is 1.31. The number of amides is 3. The molecule has 9 heteroatoms. The van der Waals surface area contributed by atoms with Gasteiger partial charge in [-0.15, -0.1) is 10.2 Å². The first-order chi connectivity index (χ1) is 17.0. The highest BCUT2D eigenvalue weighted by atomic mass is 19.1. The van der Waals surface area contributed by atoms with Gasteiger partial charge in [-0.25, -0.2) is 4.39 Å². The molecule has 2 aromatic carbocycles. The molecule has 0 fully saturated rings. The van der Waals surface area contributed by atoms with Crippen molar-refractivity contribution in [2.24, 2.45) is 0 Å². The Morgan fingerprint density at radius 1 is 1.03 bits per heavy atom. The van der Waals surface area contributed by atoms with Crippen LogP contribution in [0.4, 0.5) is 10.1 Å². The van der Waals surface area contributed by atoms with Crippen LogP contribution in [0.25, 0.3) is 11.4 Å². The number of benzene rings is 2. The largest absolute Gasteiger partial charge is 0.319 e. The summed E-state index contributed by atoms with van der Waals surface area (Å²) in [7, 11) is 0. The van der Waals surface area contributed by atoms with Crippen molar-refractivity contribution in [3.05, 3.63) is 64.7 Å². The SMILES string of the molecule is CCCCN1C(=O)c2ccc(C(=O)Nc3cc(-c4nnc5n4CCCCC5)ccc3F)cc2C1=O. The van der Waals surface area contributed by atoms with Gasteiger partial charge < -0.3 is 9.88 Å². The molecular weight excluding hydrogens is 449 g/mol. The molecule has 2 aliphatic rings. The molecule has 0 unspecified atom stereocenters. The lowest BCUT2D eigenvalue weighted by Gasteiger charge is -2.12. The van der Waals surface area contributed by atoms with Crippen LogP contribution in [0.3, 0.4) is 0 Å². The van der Waals surface area contributed by atoms with Crippen molar-refractivity contribution in [2.75, 3.05) is 11.9 Å². The number of carbonyl (C=O) groups excluding carboxylic acids is 3. The Kier molecular flexibility index (Phi) is 6.15. The predicted octanol–water partition coefficient (Wildman–Crippen LogP) is 4.46. The molecular formula is C26H26FN5O3. The lowest BCUT2D eigenvalue weighted by molar-refractivity contribution is 0.0652. The molecule has 3 aromatic rings. The summed E-state index contributed by atoms with van der Waals surface area (Å²) in [6, 6.07) is 8.82. The van der Waals surface area contributed by atoms with Gasteiger partial charge in [0, 0.05) is 30.6 Å². The second-order valence-electron chi connectivity index (χ2n) is 8.93. The number of unbranched alkanes of at least 4 members (excludes halogenated alkanes) is 1. The molecule has 2 aliphatic heterocycles. The Morgan fingerprint density at radius 2 is 1.86 bits per heavy atom. The van der Waals surface area contributed by atoms with E-state index in [0.717, 1.165) is 44.5 Å². The second-order valence-corrected chi connectivity index (χ2v) is 8.93. The Bertz CT molecular complexity index is 1330. The first-order valence-electron chi connectivity index (χ1n) is 12.0. The summed E-state index contributed by atoms with van der Waals surface area (Å²) in [6.07, 6.45) is 5.63. The summed E-state index contributed by atoms with van der Waals surface area (Å²) < 4.78 is 16.7. The van der Waals surface area contributed by atoms with E-state index in [2.05, 4.69) is 20.1 Å². The summed E-state index contributed by atoms with van der Waals surface area (Å²) in [4.78, 5) is 39.4. The highest BCUT2D eigenvalue weighted by Gasteiger charge is 2.35. The van der Waals surface area contributed by atoms with Crippen LogP contribution in [0, 0.1) is 5.82 Å². The van der Waals surface area contributed by atoms with Gasteiger partial charge in [-0.05, 0) is 55.7 Å². The van der Waals surface area contributed by atoms with Crippen molar-refractivity contribution in [1.82, 2.24) is 19.7 Å². The van der Waals surface area contributed by atoms with Crippen LogP contribution in [0.15, 0.2) is 36.4 Å². The molecule has 35 heavy (non-hydrogen) atoms. The van der Waals surface area contributed by atoms with Gasteiger partial charge in [0.2, 0.25) is 0 Å². The van der Waals surface area contributed by atoms with Crippen molar-refractivity contribution in [3.8, 4) is 11.4 Å². The van der Waals surface area contributed by atoms with E-state index in [1.54, 1.807) is 12.1 Å². The van der Waals surface area contributed by atoms with Gasteiger partial charge in [0.1, 0.15) is 11.6 Å². The average Bonchev–Trinajstić information content (AvgIpc) is 3.26. The standard InChI is InChI=1S/C26H26FN5O3/c1-2-3-12-32-25(34)18-10-8-17(14-19(18)26(32)35)24(33)28-21-15-16(9-11-20(21)27)23-30-29-22-7-5-4-6-13-31(22)23/h8-11,14-15H,2-7,12-13H2,1H3,(H,28,33). The summed E-state index contributed by atoms with van der Waals surface area (Å²) in [6.45, 7) is 3.12. The summed E-state index contributed by atoms with van der Waals surface area (Å²) >= 11 is 0. The van der Waals surface area contributed by atoms with Crippen LogP contribution < -0.4 is 5.32 Å². The average molecular weight is 476 g/mol. The number of carbonyl (C=O) groups is 3. The Hall–Kier alpha value is -3.88. The number of halogens is 1. The van der Waals surface area contributed by atoms with E-state index in [0.29, 0.717) is 24.4 Å². The Morgan fingerprint density at radius 3 is 2.69 bits per heavy atom. The summed E-state index contributed by atoms with van der Waals surface area (Å²) in [5.74, 6) is -0.360. The minimum absolute atomic E-state index is 0.00551. The first kappa shape index (κ1) is 22.9. The lowest BCUT2D eigenvalue weighted by atomic mass is 10.0. The maximum atomic E-state index is 14.6. The molecule has 3 amide bonds. The van der Waals surface area contributed by atoms with Crippen LogP contribution in [-0.2, 0) is 13.0 Å². The van der Waals surface area contributed by atoms with Gasteiger partial charge in [-0.1, -0.05) is 19.8 Å². The molecule has 0 bridgehead atoms. The van der Waals surface area contributed by atoms with Crippen molar-refractivity contribution in [3.63, 3.8) is 0 Å². The van der Waals surface area contributed by atoms with E-state index in [1.807, 2.05) is 6.92 Å². The molecule has 0 saturated carbocycles. The fraction of sp³-hybridized carbons (Fsp3) is 0.346.